The molecule has 4 nitrogen and oxygen atoms in total. The molecule has 1 N–H and O–H groups in total. The van der Waals surface area contributed by atoms with Gasteiger partial charge in [0, 0.05) is 18.8 Å². The van der Waals surface area contributed by atoms with Gasteiger partial charge in [-0.15, -0.1) is 0 Å². The van der Waals surface area contributed by atoms with Crippen LogP contribution in [-0.4, -0.2) is 29.8 Å². The molecule has 0 atom stereocenters. The highest BCUT2D eigenvalue weighted by atomic mass is 16.2. The van der Waals surface area contributed by atoms with E-state index in [9.17, 15) is 9.59 Å². The Kier molecular flexibility index (Phi) is 5.94. The fourth-order valence-electron chi connectivity index (χ4n) is 3.98. The van der Waals surface area contributed by atoms with E-state index in [4.69, 9.17) is 0 Å². The van der Waals surface area contributed by atoms with E-state index in [1.54, 1.807) is 4.90 Å². The number of carbonyl (C=O) groups is 2. The zero-order chi connectivity index (χ0) is 19.4. The summed E-state index contributed by atoms with van der Waals surface area (Å²) in [4.78, 5) is 26.7. The van der Waals surface area contributed by atoms with Gasteiger partial charge in [0.15, 0.2) is 0 Å². The lowest BCUT2D eigenvalue weighted by atomic mass is 9.90. The van der Waals surface area contributed by atoms with Crippen LogP contribution in [0.5, 0.6) is 0 Å². The maximum Gasteiger partial charge on any atom is 0.313 e. The second kappa shape index (κ2) is 8.38. The number of aryl methyl sites for hydroxylation is 3. The van der Waals surface area contributed by atoms with Gasteiger partial charge in [-0.05, 0) is 62.6 Å². The summed E-state index contributed by atoms with van der Waals surface area (Å²) in [5, 5.41) is 2.82. The molecule has 0 radical (unpaired) electrons. The monoisotopic (exact) mass is 364 g/mol. The predicted octanol–water partition coefficient (Wildman–Crippen LogP) is 4.03. The van der Waals surface area contributed by atoms with Crippen LogP contribution in [-0.2, 0) is 16.0 Å². The molecule has 1 aliphatic rings. The molecule has 27 heavy (non-hydrogen) atoms. The molecule has 3 rings (SSSR count). The van der Waals surface area contributed by atoms with Crippen LogP contribution in [0.2, 0.25) is 0 Å². The first-order valence-electron chi connectivity index (χ1n) is 9.66. The summed E-state index contributed by atoms with van der Waals surface area (Å²) in [5.74, 6) is -0.389. The molecule has 0 spiro atoms. The minimum atomic E-state index is -0.536. The van der Waals surface area contributed by atoms with Crippen molar-refractivity contribution >= 4 is 17.5 Å². The molecule has 0 bridgehead atoms. The van der Waals surface area contributed by atoms with E-state index in [1.165, 1.54) is 5.56 Å². The first-order valence-corrected chi connectivity index (χ1v) is 9.66. The summed E-state index contributed by atoms with van der Waals surface area (Å²) in [7, 11) is 0. The van der Waals surface area contributed by atoms with E-state index in [0.29, 0.717) is 19.0 Å². The molecule has 1 saturated heterocycles. The maximum atomic E-state index is 12.6. The first kappa shape index (κ1) is 19.2. The fraction of sp³-hybridized carbons (Fsp3) is 0.391. The Morgan fingerprint density at radius 3 is 2.19 bits per heavy atom. The maximum absolute atomic E-state index is 12.6. The number of amides is 2. The molecular formula is C23H28N2O2. The van der Waals surface area contributed by atoms with Crippen molar-refractivity contribution in [2.45, 2.75) is 40.0 Å². The van der Waals surface area contributed by atoms with Gasteiger partial charge < -0.3 is 10.2 Å². The summed E-state index contributed by atoms with van der Waals surface area (Å²) in [5.41, 5.74) is 5.20. The number of nitrogens with one attached hydrogen (secondary N) is 1. The van der Waals surface area contributed by atoms with Crippen molar-refractivity contribution < 1.29 is 9.59 Å². The van der Waals surface area contributed by atoms with Crippen LogP contribution in [0.15, 0.2) is 42.5 Å². The molecular weight excluding hydrogens is 336 g/mol. The van der Waals surface area contributed by atoms with Gasteiger partial charge in [0.1, 0.15) is 0 Å². The van der Waals surface area contributed by atoms with Gasteiger partial charge in [0.2, 0.25) is 0 Å². The average molecular weight is 364 g/mol. The molecule has 142 valence electrons. The minimum absolute atomic E-state index is 0.424. The van der Waals surface area contributed by atoms with Gasteiger partial charge in [-0.2, -0.15) is 0 Å². The Bertz CT molecular complexity index is 799. The van der Waals surface area contributed by atoms with E-state index in [1.807, 2.05) is 39.0 Å². The topological polar surface area (TPSA) is 49.4 Å². The van der Waals surface area contributed by atoms with E-state index >= 15 is 0 Å². The van der Waals surface area contributed by atoms with Gasteiger partial charge in [-0.3, -0.25) is 9.59 Å². The molecule has 1 fully saturated rings. The van der Waals surface area contributed by atoms with E-state index in [2.05, 4.69) is 29.6 Å². The van der Waals surface area contributed by atoms with Crippen LogP contribution in [0.1, 0.15) is 35.1 Å². The zero-order valence-corrected chi connectivity index (χ0v) is 16.4. The third-order valence-corrected chi connectivity index (χ3v) is 5.38. The van der Waals surface area contributed by atoms with Gasteiger partial charge in [-0.25, -0.2) is 0 Å². The van der Waals surface area contributed by atoms with E-state index in [0.717, 1.165) is 41.6 Å². The molecule has 0 saturated carbocycles. The molecule has 1 heterocycles. The Morgan fingerprint density at radius 1 is 1.00 bits per heavy atom. The van der Waals surface area contributed by atoms with Crippen molar-refractivity contribution in [3.05, 3.63) is 64.7 Å². The number of nitrogens with zero attached hydrogens (tertiary/aromatic N) is 1. The molecule has 0 aliphatic carbocycles. The van der Waals surface area contributed by atoms with Gasteiger partial charge in [0.05, 0.1) is 0 Å². The normalized spacial score (nSPS) is 14.9. The molecule has 1 aliphatic heterocycles. The third kappa shape index (κ3) is 4.76. The second-order valence-corrected chi connectivity index (χ2v) is 7.65. The van der Waals surface area contributed by atoms with Crippen LogP contribution in [0.3, 0.4) is 0 Å². The standard InChI is InChI=1S/C23H28N2O2/c1-16-13-17(2)21(18(3)14-16)24-22(26)23(27)25-11-9-20(10-12-25)15-19-7-5-4-6-8-19/h4-8,13-14,20H,9-12,15H2,1-3H3,(H,24,26). The summed E-state index contributed by atoms with van der Waals surface area (Å²) >= 11 is 0. The molecule has 2 amide bonds. The number of likely N-dealkylation sites (tertiary alicyclic amines) is 1. The fourth-order valence-corrected chi connectivity index (χ4v) is 3.98. The third-order valence-electron chi connectivity index (χ3n) is 5.38. The number of carbonyl (C=O) groups excluding carboxylic acids is 2. The quantitative estimate of drug-likeness (QED) is 0.836. The summed E-state index contributed by atoms with van der Waals surface area (Å²) in [6.07, 6.45) is 2.92. The van der Waals surface area contributed by atoms with Crippen molar-refractivity contribution in [2.24, 2.45) is 5.92 Å². The van der Waals surface area contributed by atoms with Crippen molar-refractivity contribution in [1.29, 1.82) is 0 Å². The average Bonchev–Trinajstić information content (AvgIpc) is 2.65. The van der Waals surface area contributed by atoms with Crippen molar-refractivity contribution in [3.8, 4) is 0 Å². The van der Waals surface area contributed by atoms with Crippen molar-refractivity contribution in [2.75, 3.05) is 18.4 Å². The Hall–Kier alpha value is -2.62. The minimum Gasteiger partial charge on any atom is -0.334 e. The van der Waals surface area contributed by atoms with Crippen LogP contribution in [0, 0.1) is 26.7 Å². The molecule has 2 aromatic rings. The number of hydrogen-bond donors (Lipinski definition) is 1. The highest BCUT2D eigenvalue weighted by molar-refractivity contribution is 6.39. The lowest BCUT2D eigenvalue weighted by Crippen LogP contribution is -2.44. The summed E-state index contributed by atoms with van der Waals surface area (Å²) < 4.78 is 0. The number of anilines is 1. The number of hydrogen-bond acceptors (Lipinski definition) is 2. The molecule has 0 aromatic heterocycles. The summed E-state index contributed by atoms with van der Waals surface area (Å²) in [6.45, 7) is 7.23. The van der Waals surface area contributed by atoms with Crippen LogP contribution in [0.25, 0.3) is 0 Å². The SMILES string of the molecule is Cc1cc(C)c(NC(=O)C(=O)N2CCC(Cc3ccccc3)CC2)c(C)c1. The second-order valence-electron chi connectivity index (χ2n) is 7.65. The van der Waals surface area contributed by atoms with Crippen LogP contribution < -0.4 is 5.32 Å². The molecule has 0 unspecified atom stereocenters. The number of rotatable bonds is 3. The van der Waals surface area contributed by atoms with E-state index < -0.39 is 11.8 Å². The largest absolute Gasteiger partial charge is 0.334 e. The predicted molar refractivity (Wildman–Crippen MR) is 109 cm³/mol. The zero-order valence-electron chi connectivity index (χ0n) is 16.4. The van der Waals surface area contributed by atoms with Gasteiger partial charge >= 0.3 is 11.8 Å². The Morgan fingerprint density at radius 2 is 1.59 bits per heavy atom. The lowest BCUT2D eigenvalue weighted by molar-refractivity contribution is -0.144. The highest BCUT2D eigenvalue weighted by Crippen LogP contribution is 2.24. The van der Waals surface area contributed by atoms with Crippen LogP contribution in [0.4, 0.5) is 5.69 Å². The Balaban J connectivity index is 1.55. The van der Waals surface area contributed by atoms with Gasteiger partial charge in [-0.1, -0.05) is 48.0 Å². The highest BCUT2D eigenvalue weighted by Gasteiger charge is 2.27. The van der Waals surface area contributed by atoms with Crippen molar-refractivity contribution in [3.63, 3.8) is 0 Å². The number of benzene rings is 2. The van der Waals surface area contributed by atoms with Gasteiger partial charge in [0.25, 0.3) is 0 Å². The molecule has 2 aromatic carbocycles. The van der Waals surface area contributed by atoms with E-state index in [-0.39, 0.29) is 0 Å². The lowest BCUT2D eigenvalue weighted by Gasteiger charge is -2.31. The van der Waals surface area contributed by atoms with Crippen LogP contribution >= 0.6 is 0 Å². The Labute approximate surface area is 161 Å². The number of piperidine rings is 1. The first-order chi connectivity index (χ1) is 12.9. The summed E-state index contributed by atoms with van der Waals surface area (Å²) in [6, 6.07) is 14.5. The smallest absolute Gasteiger partial charge is 0.313 e. The molecule has 4 heteroatoms. The van der Waals surface area contributed by atoms with Crippen molar-refractivity contribution in [1.82, 2.24) is 4.90 Å².